The Hall–Kier alpha value is -7.20. The first kappa shape index (κ1) is 37.7. The van der Waals surface area contributed by atoms with Crippen LogP contribution in [-0.2, 0) is 23.2 Å². The van der Waals surface area contributed by atoms with E-state index >= 15 is 0 Å². The Bertz CT molecular complexity index is 2540. The lowest BCUT2D eigenvalue weighted by atomic mass is 9.77. The number of hydrogen-bond donors (Lipinski definition) is 0. The van der Waals surface area contributed by atoms with Crippen molar-refractivity contribution in [3.05, 3.63) is 202 Å². The van der Waals surface area contributed by atoms with Gasteiger partial charge in [-0.25, -0.2) is 14.5 Å². The van der Waals surface area contributed by atoms with Gasteiger partial charge in [0.05, 0.1) is 12.7 Å². The van der Waals surface area contributed by atoms with Crippen LogP contribution in [0.5, 0.6) is 0 Å². The van der Waals surface area contributed by atoms with Gasteiger partial charge in [-0.2, -0.15) is 4.73 Å². The largest absolute Gasteiger partial charge is 0.618 e. The number of rotatable bonds is 13. The zero-order valence-corrected chi connectivity index (χ0v) is 32.7. The van der Waals surface area contributed by atoms with E-state index < -0.39 is 11.5 Å². The van der Waals surface area contributed by atoms with Crippen molar-refractivity contribution in [2.45, 2.75) is 45.2 Å². The molecule has 8 rings (SSSR count). The fourth-order valence-electron chi connectivity index (χ4n) is 7.69. The van der Waals surface area contributed by atoms with E-state index in [4.69, 9.17) is 14.9 Å². The molecule has 8 aromatic rings. The third kappa shape index (κ3) is 7.16. The maximum Gasteiger partial charge on any atom is 0.338 e. The molecule has 0 fully saturated rings. The molecule has 10 nitrogen and oxygen atoms in total. The number of imidazole rings is 1. The minimum atomic E-state index is -0.842. The Morgan fingerprint density at radius 1 is 0.759 bits per heavy atom. The van der Waals surface area contributed by atoms with E-state index in [0.29, 0.717) is 35.0 Å². The van der Waals surface area contributed by atoms with Crippen molar-refractivity contribution >= 4 is 5.97 Å². The standard InChI is InChI=1S/C48H43N7O3/c1-4-5-21-45-49-43(44-31-39(47(56)58-3)30-34(2)54(44)57)33-53(45)32-35-22-24-36(25-23-35)37-26-28-38(29-27-37)46-50-51-52-55(46)48(40-15-9-6-10-16-40,41-17-11-7-12-18-41)42-19-13-8-14-20-42/h6-20,22-31,33H,4-5,21,32H2,1-3H3. The second kappa shape index (κ2) is 16.5. The van der Waals surface area contributed by atoms with Crippen LogP contribution >= 0.6 is 0 Å². The molecule has 58 heavy (non-hydrogen) atoms. The highest BCUT2D eigenvalue weighted by Gasteiger charge is 2.41. The van der Waals surface area contributed by atoms with E-state index in [1.165, 1.54) is 13.2 Å². The summed E-state index contributed by atoms with van der Waals surface area (Å²) in [6, 6.07) is 51.1. The van der Waals surface area contributed by atoms with E-state index in [1.807, 2.05) is 29.1 Å². The Balaban J connectivity index is 1.09. The monoisotopic (exact) mass is 765 g/mol. The lowest BCUT2D eigenvalue weighted by Crippen LogP contribution is -2.39. The van der Waals surface area contributed by atoms with Gasteiger partial charge >= 0.3 is 5.97 Å². The Kier molecular flexibility index (Phi) is 10.7. The predicted octanol–water partition coefficient (Wildman–Crippen LogP) is 8.83. The number of ether oxygens (including phenoxy) is 1. The highest BCUT2D eigenvalue weighted by Crippen LogP contribution is 2.42. The Morgan fingerprint density at radius 2 is 1.31 bits per heavy atom. The van der Waals surface area contributed by atoms with E-state index in [9.17, 15) is 10.0 Å². The molecule has 0 spiro atoms. The maximum absolute atomic E-state index is 13.1. The molecule has 3 aromatic heterocycles. The SMILES string of the molecule is CCCCc1nc(-c2cc(C(=O)OC)cc(C)[n+]2[O-])cn1Cc1ccc(-c2ccc(-c3nnnn3C(c3ccccc3)(c3ccccc3)c3ccccc3)cc2)cc1. The summed E-state index contributed by atoms with van der Waals surface area (Å²) in [5.74, 6) is 1.03. The van der Waals surface area contributed by atoms with Crippen LogP contribution < -0.4 is 4.73 Å². The predicted molar refractivity (Wildman–Crippen MR) is 224 cm³/mol. The number of nitrogens with zero attached hydrogens (tertiary/aromatic N) is 7. The summed E-state index contributed by atoms with van der Waals surface area (Å²) in [7, 11) is 1.33. The normalized spacial score (nSPS) is 11.4. The molecule has 0 aliphatic rings. The van der Waals surface area contributed by atoms with Crippen LogP contribution in [0, 0.1) is 12.1 Å². The van der Waals surface area contributed by atoms with Gasteiger partial charge in [0, 0.05) is 43.8 Å². The van der Waals surface area contributed by atoms with Gasteiger partial charge in [0.2, 0.25) is 5.69 Å². The number of unbranched alkanes of at least 4 members (excludes halogenated alkanes) is 1. The number of pyridine rings is 1. The summed E-state index contributed by atoms with van der Waals surface area (Å²) >= 11 is 0. The van der Waals surface area contributed by atoms with Crippen LogP contribution in [0.2, 0.25) is 0 Å². The summed E-state index contributed by atoms with van der Waals surface area (Å²) < 4.78 is 9.78. The minimum absolute atomic E-state index is 0.314. The van der Waals surface area contributed by atoms with Crippen molar-refractivity contribution in [3.8, 4) is 33.9 Å². The molecular formula is C48H43N7O3. The molecule has 0 unspecified atom stereocenters. The molecule has 0 aliphatic heterocycles. The smallest absolute Gasteiger partial charge is 0.338 e. The van der Waals surface area contributed by atoms with Gasteiger partial charge in [-0.1, -0.05) is 153 Å². The average Bonchev–Trinajstić information content (AvgIpc) is 3.93. The second-order valence-corrected chi connectivity index (χ2v) is 14.3. The van der Waals surface area contributed by atoms with Crippen LogP contribution in [0.3, 0.4) is 0 Å². The van der Waals surface area contributed by atoms with Crippen molar-refractivity contribution in [1.82, 2.24) is 29.8 Å². The fourth-order valence-corrected chi connectivity index (χ4v) is 7.69. The van der Waals surface area contributed by atoms with Crippen LogP contribution in [0.1, 0.15) is 63.9 Å². The summed E-state index contributed by atoms with van der Waals surface area (Å²) in [6.45, 7) is 4.39. The van der Waals surface area contributed by atoms with Gasteiger partial charge < -0.3 is 14.5 Å². The van der Waals surface area contributed by atoms with E-state index in [2.05, 4.69) is 143 Å². The van der Waals surface area contributed by atoms with Crippen molar-refractivity contribution in [3.63, 3.8) is 0 Å². The number of tetrazole rings is 1. The van der Waals surface area contributed by atoms with Gasteiger partial charge in [-0.05, 0) is 50.2 Å². The van der Waals surface area contributed by atoms with E-state index in [1.54, 1.807) is 13.0 Å². The summed E-state index contributed by atoms with van der Waals surface area (Å²) in [6.07, 6.45) is 4.64. The molecule has 5 aromatic carbocycles. The molecule has 0 saturated carbocycles. The molecule has 3 heterocycles. The number of benzene rings is 5. The zero-order chi connectivity index (χ0) is 40.1. The lowest BCUT2D eigenvalue weighted by molar-refractivity contribution is -0.600. The average molecular weight is 766 g/mol. The molecule has 0 amide bonds. The molecule has 0 aliphatic carbocycles. The topological polar surface area (TPSA) is 115 Å². The van der Waals surface area contributed by atoms with E-state index in [-0.39, 0.29) is 0 Å². The van der Waals surface area contributed by atoms with Gasteiger partial charge in [-0.3, -0.25) is 0 Å². The third-order valence-corrected chi connectivity index (χ3v) is 10.6. The Labute approximate surface area is 337 Å². The maximum atomic E-state index is 13.1. The highest BCUT2D eigenvalue weighted by molar-refractivity contribution is 5.90. The van der Waals surface area contributed by atoms with Crippen LogP contribution in [-0.4, -0.2) is 42.8 Å². The third-order valence-electron chi connectivity index (χ3n) is 10.6. The van der Waals surface area contributed by atoms with Crippen LogP contribution in [0.4, 0.5) is 0 Å². The molecule has 0 N–H and O–H groups in total. The minimum Gasteiger partial charge on any atom is -0.618 e. The second-order valence-electron chi connectivity index (χ2n) is 14.3. The first-order valence-electron chi connectivity index (χ1n) is 19.4. The number of carbonyl (C=O) groups is 1. The molecule has 0 radical (unpaired) electrons. The van der Waals surface area contributed by atoms with Gasteiger partial charge in [0.15, 0.2) is 17.2 Å². The lowest BCUT2D eigenvalue weighted by Gasteiger charge is -2.36. The zero-order valence-electron chi connectivity index (χ0n) is 32.7. The van der Waals surface area contributed by atoms with Crippen molar-refractivity contribution in [2.75, 3.05) is 7.11 Å². The first-order chi connectivity index (χ1) is 28.4. The number of carbonyl (C=O) groups excluding carboxylic acids is 1. The molecular weight excluding hydrogens is 723 g/mol. The van der Waals surface area contributed by atoms with Crippen molar-refractivity contribution in [2.24, 2.45) is 0 Å². The summed E-state index contributed by atoms with van der Waals surface area (Å²) in [5.41, 5.74) is 7.93. The highest BCUT2D eigenvalue weighted by atomic mass is 16.5. The number of aryl methyl sites for hydroxylation is 2. The van der Waals surface area contributed by atoms with Crippen molar-refractivity contribution in [1.29, 1.82) is 0 Å². The van der Waals surface area contributed by atoms with Gasteiger partial charge in [0.1, 0.15) is 11.4 Å². The molecule has 10 heteroatoms. The number of hydrogen-bond acceptors (Lipinski definition) is 7. The number of aromatic nitrogens is 7. The summed E-state index contributed by atoms with van der Waals surface area (Å²) in [4.78, 5) is 17.2. The van der Waals surface area contributed by atoms with Gasteiger partial charge in [-0.15, -0.1) is 5.10 Å². The first-order valence-corrected chi connectivity index (χ1v) is 19.4. The molecule has 288 valence electrons. The molecule has 0 atom stereocenters. The molecule has 0 bridgehead atoms. The number of methoxy groups -OCH3 is 1. The van der Waals surface area contributed by atoms with E-state index in [0.717, 1.165) is 68.8 Å². The fraction of sp³-hybridized carbons (Fsp3) is 0.167. The number of esters is 1. The Morgan fingerprint density at radius 3 is 1.86 bits per heavy atom. The van der Waals surface area contributed by atoms with Gasteiger partial charge in [0.25, 0.3) is 0 Å². The summed E-state index contributed by atoms with van der Waals surface area (Å²) in [5, 5.41) is 26.7. The van der Waals surface area contributed by atoms with Crippen molar-refractivity contribution < 1.29 is 14.3 Å². The van der Waals surface area contributed by atoms with Crippen LogP contribution in [0.15, 0.2) is 158 Å². The van der Waals surface area contributed by atoms with Crippen LogP contribution in [0.25, 0.3) is 33.9 Å². The quantitative estimate of drug-likeness (QED) is 0.0499. The molecule has 0 saturated heterocycles.